The number of benzene rings is 1. The molecule has 1 aromatic rings. The van der Waals surface area contributed by atoms with Gasteiger partial charge in [0.25, 0.3) is 0 Å². The zero-order chi connectivity index (χ0) is 12.3. The minimum atomic E-state index is 0.215. The van der Waals surface area contributed by atoms with Crippen molar-refractivity contribution in [3.8, 4) is 0 Å². The Balaban J connectivity index is 2.80. The predicted molar refractivity (Wildman–Crippen MR) is 72.0 cm³/mol. The van der Waals surface area contributed by atoms with Gasteiger partial charge >= 0.3 is 0 Å². The third-order valence-corrected chi connectivity index (χ3v) is 3.36. The summed E-state index contributed by atoms with van der Waals surface area (Å²) in [5, 5.41) is 0. The summed E-state index contributed by atoms with van der Waals surface area (Å²) in [5.74, 6) is 0. The van der Waals surface area contributed by atoms with Gasteiger partial charge in [-0.15, -0.1) is 0 Å². The van der Waals surface area contributed by atoms with Crippen LogP contribution in [0.3, 0.4) is 0 Å². The van der Waals surface area contributed by atoms with Crippen LogP contribution in [-0.2, 0) is 5.41 Å². The lowest BCUT2D eigenvalue weighted by Gasteiger charge is -2.33. The van der Waals surface area contributed by atoms with Gasteiger partial charge in [0.2, 0.25) is 0 Å². The Morgan fingerprint density at radius 2 is 1.62 bits per heavy atom. The quantitative estimate of drug-likeness (QED) is 0.747. The van der Waals surface area contributed by atoms with Gasteiger partial charge in [-0.1, -0.05) is 43.7 Å². The average Bonchev–Trinajstić information content (AvgIpc) is 2.17. The highest BCUT2D eigenvalue weighted by Crippen LogP contribution is 2.24. The summed E-state index contributed by atoms with van der Waals surface area (Å²) in [6.45, 7) is 12.3. The lowest BCUT2D eigenvalue weighted by molar-refractivity contribution is 0.223. The van der Waals surface area contributed by atoms with Crippen LogP contribution in [0, 0.1) is 6.92 Å². The zero-order valence-corrected chi connectivity index (χ0v) is 11.5. The summed E-state index contributed by atoms with van der Waals surface area (Å²) in [5.41, 5.74) is 2.97. The third kappa shape index (κ3) is 3.34. The van der Waals surface area contributed by atoms with Gasteiger partial charge in [-0.2, -0.15) is 0 Å². The lowest BCUT2D eigenvalue weighted by atomic mass is 9.83. The van der Waals surface area contributed by atoms with E-state index in [1.807, 2.05) is 0 Å². The molecule has 0 unspecified atom stereocenters. The molecule has 0 spiro atoms. The number of rotatable bonds is 4. The number of nitrogens with zero attached hydrogens (tertiary/aromatic N) is 1. The standard InChI is InChI=1S/C15H25N/c1-12(2)16(6)11-15(4,5)14-9-7-13(3)8-10-14/h7-10,12H,11H2,1-6H3. The number of likely N-dealkylation sites (N-methyl/N-ethyl adjacent to an activating group) is 1. The van der Waals surface area contributed by atoms with Crippen molar-refractivity contribution in [1.82, 2.24) is 4.90 Å². The fourth-order valence-corrected chi connectivity index (χ4v) is 1.90. The van der Waals surface area contributed by atoms with E-state index < -0.39 is 0 Å². The van der Waals surface area contributed by atoms with E-state index >= 15 is 0 Å². The molecule has 0 heterocycles. The fraction of sp³-hybridized carbons (Fsp3) is 0.600. The molecule has 0 saturated carbocycles. The Kier molecular flexibility index (Phi) is 4.15. The molecule has 16 heavy (non-hydrogen) atoms. The van der Waals surface area contributed by atoms with Gasteiger partial charge in [-0.3, -0.25) is 0 Å². The maximum absolute atomic E-state index is 2.40. The van der Waals surface area contributed by atoms with Crippen LogP contribution < -0.4 is 0 Å². The molecule has 0 saturated heterocycles. The van der Waals surface area contributed by atoms with Gasteiger partial charge in [0.1, 0.15) is 0 Å². The van der Waals surface area contributed by atoms with E-state index in [2.05, 4.69) is 70.8 Å². The van der Waals surface area contributed by atoms with E-state index in [0.717, 1.165) is 6.54 Å². The van der Waals surface area contributed by atoms with Crippen LogP contribution >= 0.6 is 0 Å². The van der Waals surface area contributed by atoms with Crippen molar-refractivity contribution >= 4 is 0 Å². The molecule has 0 aliphatic rings. The van der Waals surface area contributed by atoms with Gasteiger partial charge in [-0.25, -0.2) is 0 Å². The van der Waals surface area contributed by atoms with E-state index in [4.69, 9.17) is 0 Å². The molecule has 1 nitrogen and oxygen atoms in total. The highest BCUT2D eigenvalue weighted by atomic mass is 15.1. The number of hydrogen-bond acceptors (Lipinski definition) is 1. The van der Waals surface area contributed by atoms with Gasteiger partial charge in [0, 0.05) is 18.0 Å². The third-order valence-electron chi connectivity index (χ3n) is 3.36. The molecule has 1 rings (SSSR count). The minimum absolute atomic E-state index is 0.215. The minimum Gasteiger partial charge on any atom is -0.303 e. The SMILES string of the molecule is Cc1ccc(C(C)(C)CN(C)C(C)C)cc1. The Morgan fingerprint density at radius 1 is 1.12 bits per heavy atom. The summed E-state index contributed by atoms with van der Waals surface area (Å²) in [4.78, 5) is 2.40. The molecule has 0 amide bonds. The second kappa shape index (κ2) is 5.01. The molecule has 0 aliphatic carbocycles. The number of hydrogen-bond donors (Lipinski definition) is 0. The normalized spacial score (nSPS) is 12.5. The predicted octanol–water partition coefficient (Wildman–Crippen LogP) is 3.61. The van der Waals surface area contributed by atoms with E-state index in [1.54, 1.807) is 0 Å². The highest BCUT2D eigenvalue weighted by molar-refractivity contribution is 5.27. The van der Waals surface area contributed by atoms with Crippen molar-refractivity contribution in [2.24, 2.45) is 0 Å². The molecule has 0 aromatic heterocycles. The Morgan fingerprint density at radius 3 is 2.06 bits per heavy atom. The van der Waals surface area contributed by atoms with Gasteiger partial charge in [0.15, 0.2) is 0 Å². The van der Waals surface area contributed by atoms with E-state index in [9.17, 15) is 0 Å². The smallest absolute Gasteiger partial charge is 0.00729 e. The Labute approximate surface area is 100 Å². The zero-order valence-electron chi connectivity index (χ0n) is 11.5. The summed E-state index contributed by atoms with van der Waals surface area (Å²) in [6.07, 6.45) is 0. The van der Waals surface area contributed by atoms with Crippen LogP contribution in [0.4, 0.5) is 0 Å². The fourth-order valence-electron chi connectivity index (χ4n) is 1.90. The van der Waals surface area contributed by atoms with E-state index in [0.29, 0.717) is 6.04 Å². The summed E-state index contributed by atoms with van der Waals surface area (Å²) in [6, 6.07) is 9.51. The van der Waals surface area contributed by atoms with Crippen LogP contribution in [0.15, 0.2) is 24.3 Å². The Bertz CT molecular complexity index is 322. The maximum Gasteiger partial charge on any atom is 0.00729 e. The first-order valence-electron chi connectivity index (χ1n) is 6.10. The molecule has 0 fully saturated rings. The van der Waals surface area contributed by atoms with Crippen LogP contribution in [0.25, 0.3) is 0 Å². The molecular formula is C15H25N. The average molecular weight is 219 g/mol. The van der Waals surface area contributed by atoms with Gasteiger partial charge < -0.3 is 4.90 Å². The van der Waals surface area contributed by atoms with Crippen LogP contribution in [0.2, 0.25) is 0 Å². The first kappa shape index (κ1) is 13.2. The molecule has 0 N–H and O–H groups in total. The monoisotopic (exact) mass is 219 g/mol. The summed E-state index contributed by atoms with van der Waals surface area (Å²) < 4.78 is 0. The molecule has 90 valence electrons. The summed E-state index contributed by atoms with van der Waals surface area (Å²) >= 11 is 0. The lowest BCUT2D eigenvalue weighted by Crippen LogP contribution is -2.38. The highest BCUT2D eigenvalue weighted by Gasteiger charge is 2.23. The first-order chi connectivity index (χ1) is 7.33. The van der Waals surface area contributed by atoms with E-state index in [-0.39, 0.29) is 5.41 Å². The molecule has 1 heteroatoms. The van der Waals surface area contributed by atoms with Crippen LogP contribution in [0.5, 0.6) is 0 Å². The largest absolute Gasteiger partial charge is 0.303 e. The number of aryl methyl sites for hydroxylation is 1. The van der Waals surface area contributed by atoms with Crippen molar-refractivity contribution < 1.29 is 0 Å². The molecule has 0 atom stereocenters. The summed E-state index contributed by atoms with van der Waals surface area (Å²) in [7, 11) is 2.20. The van der Waals surface area contributed by atoms with Crippen molar-refractivity contribution in [3.05, 3.63) is 35.4 Å². The molecular weight excluding hydrogens is 194 g/mol. The second-order valence-electron chi connectivity index (χ2n) is 5.76. The molecule has 0 bridgehead atoms. The van der Waals surface area contributed by atoms with Crippen molar-refractivity contribution in [1.29, 1.82) is 0 Å². The van der Waals surface area contributed by atoms with E-state index in [1.165, 1.54) is 11.1 Å². The first-order valence-corrected chi connectivity index (χ1v) is 6.10. The van der Waals surface area contributed by atoms with Crippen molar-refractivity contribution in [2.45, 2.75) is 46.1 Å². The molecule has 0 aliphatic heterocycles. The topological polar surface area (TPSA) is 3.24 Å². The molecule has 1 aromatic carbocycles. The van der Waals surface area contributed by atoms with Crippen molar-refractivity contribution in [3.63, 3.8) is 0 Å². The van der Waals surface area contributed by atoms with Crippen molar-refractivity contribution in [2.75, 3.05) is 13.6 Å². The van der Waals surface area contributed by atoms with Crippen LogP contribution in [0.1, 0.15) is 38.8 Å². The van der Waals surface area contributed by atoms with Crippen LogP contribution in [-0.4, -0.2) is 24.5 Å². The van der Waals surface area contributed by atoms with Gasteiger partial charge in [-0.05, 0) is 33.4 Å². The maximum atomic E-state index is 2.40. The Hall–Kier alpha value is -0.820. The second-order valence-corrected chi connectivity index (χ2v) is 5.76. The van der Waals surface area contributed by atoms with Gasteiger partial charge in [0.05, 0.1) is 0 Å². The molecule has 0 radical (unpaired) electrons.